The number of ketones is 1. The number of pyridine rings is 1. The molecule has 1 heterocycles. The third-order valence-corrected chi connectivity index (χ3v) is 5.53. The lowest BCUT2D eigenvalue weighted by Gasteiger charge is -2.25. The van der Waals surface area contributed by atoms with Crippen LogP contribution in [0.1, 0.15) is 30.7 Å². The normalized spacial score (nSPS) is 18.2. The van der Waals surface area contributed by atoms with E-state index in [1.807, 2.05) is 37.3 Å². The van der Waals surface area contributed by atoms with Crippen molar-refractivity contribution in [3.8, 4) is 17.1 Å². The lowest BCUT2D eigenvalue weighted by atomic mass is 9.81. The molecule has 4 rings (SSSR count). The Kier molecular flexibility index (Phi) is 5.34. The summed E-state index contributed by atoms with van der Waals surface area (Å²) in [6, 6.07) is 18.9. The largest absolute Gasteiger partial charge is 0.481 e. The monoisotopic (exact) mass is 386 g/mol. The summed E-state index contributed by atoms with van der Waals surface area (Å²) in [6.07, 6.45) is 4.07. The summed E-state index contributed by atoms with van der Waals surface area (Å²) in [5, 5.41) is 2.41. The van der Waals surface area contributed by atoms with Crippen molar-refractivity contribution in [2.24, 2.45) is 0 Å². The molecule has 29 heavy (non-hydrogen) atoms. The molecule has 1 atom stereocenters. The molecule has 0 amide bonds. The first-order chi connectivity index (χ1) is 14.0. The second-order valence-electron chi connectivity index (χ2n) is 7.84. The van der Waals surface area contributed by atoms with Gasteiger partial charge in [0.05, 0.1) is 12.8 Å². The molecule has 1 fully saturated rings. The van der Waals surface area contributed by atoms with Crippen molar-refractivity contribution in [2.45, 2.75) is 25.2 Å². The predicted molar refractivity (Wildman–Crippen MR) is 117 cm³/mol. The van der Waals surface area contributed by atoms with Crippen LogP contribution in [0.4, 0.5) is 0 Å². The van der Waals surface area contributed by atoms with E-state index >= 15 is 0 Å². The van der Waals surface area contributed by atoms with Gasteiger partial charge in [0.2, 0.25) is 5.88 Å². The van der Waals surface area contributed by atoms with Crippen molar-refractivity contribution < 1.29 is 9.53 Å². The van der Waals surface area contributed by atoms with Gasteiger partial charge < -0.3 is 9.64 Å². The van der Waals surface area contributed by atoms with Gasteiger partial charge in [-0.15, -0.1) is 0 Å². The molecule has 3 aromatic rings. The highest BCUT2D eigenvalue weighted by Gasteiger charge is 2.27. The Balaban J connectivity index is 1.67. The van der Waals surface area contributed by atoms with Crippen molar-refractivity contribution in [1.82, 2.24) is 9.88 Å². The second kappa shape index (κ2) is 8.08. The molecule has 0 bridgehead atoms. The Hall–Kier alpha value is -3.14. The van der Waals surface area contributed by atoms with Crippen LogP contribution in [0.5, 0.6) is 5.88 Å². The Morgan fingerprint density at radius 2 is 1.86 bits per heavy atom. The summed E-state index contributed by atoms with van der Waals surface area (Å²) < 4.78 is 5.67. The molecule has 0 spiro atoms. The lowest BCUT2D eigenvalue weighted by Crippen LogP contribution is -2.19. The molecular weight excluding hydrogens is 360 g/mol. The van der Waals surface area contributed by atoms with E-state index in [0.717, 1.165) is 35.2 Å². The number of fused-ring (bicyclic) bond motifs is 1. The van der Waals surface area contributed by atoms with E-state index in [1.165, 1.54) is 10.8 Å². The van der Waals surface area contributed by atoms with Crippen LogP contribution in [0.15, 0.2) is 66.4 Å². The molecule has 4 heteroatoms. The van der Waals surface area contributed by atoms with Crippen LogP contribution < -0.4 is 4.74 Å². The predicted octanol–water partition coefficient (Wildman–Crippen LogP) is 5.19. The van der Waals surface area contributed by atoms with Crippen molar-refractivity contribution >= 4 is 16.6 Å². The fourth-order valence-electron chi connectivity index (χ4n) is 4.08. The molecule has 4 nitrogen and oxygen atoms in total. The number of allylic oxidation sites excluding steroid dienone is 1. The number of rotatable bonds is 4. The van der Waals surface area contributed by atoms with Gasteiger partial charge in [-0.2, -0.15) is 0 Å². The van der Waals surface area contributed by atoms with Crippen LogP contribution in [-0.2, 0) is 4.79 Å². The van der Waals surface area contributed by atoms with Crippen molar-refractivity contribution in [3.63, 3.8) is 0 Å². The maximum absolute atomic E-state index is 12.3. The maximum atomic E-state index is 12.3. The number of aromatic nitrogens is 1. The van der Waals surface area contributed by atoms with Gasteiger partial charge in [0.1, 0.15) is 0 Å². The summed E-state index contributed by atoms with van der Waals surface area (Å²) >= 11 is 0. The minimum Gasteiger partial charge on any atom is -0.481 e. The van der Waals surface area contributed by atoms with Crippen molar-refractivity contribution in [1.29, 1.82) is 0 Å². The Morgan fingerprint density at radius 3 is 2.62 bits per heavy atom. The number of hydrogen-bond donors (Lipinski definition) is 0. The Labute approximate surface area is 171 Å². The van der Waals surface area contributed by atoms with Gasteiger partial charge >= 0.3 is 0 Å². The van der Waals surface area contributed by atoms with Crippen molar-refractivity contribution in [3.05, 3.63) is 71.9 Å². The quantitative estimate of drug-likeness (QED) is 0.579. The highest BCUT2D eigenvalue weighted by Crippen LogP contribution is 2.39. The minimum atomic E-state index is 0.243. The van der Waals surface area contributed by atoms with E-state index in [0.29, 0.717) is 12.3 Å². The standard InChI is InChI=1S/C25H26N2O2/c1-27(2)16-21-15-19(10-13-24(21)28)22-11-12-23(26-25(22)29-3)20-9-8-17-6-4-5-7-18(17)14-20/h4-9,11-12,14,16,19H,10,13,15H2,1-3H3/b21-16-. The molecule has 1 aromatic heterocycles. The number of hydrogen-bond acceptors (Lipinski definition) is 4. The number of carbonyl (C=O) groups excluding carboxylic acids is 1. The summed E-state index contributed by atoms with van der Waals surface area (Å²) in [5.41, 5.74) is 3.92. The van der Waals surface area contributed by atoms with Crippen LogP contribution in [0, 0.1) is 0 Å². The van der Waals surface area contributed by atoms with Gasteiger partial charge in [-0.1, -0.05) is 42.5 Å². The lowest BCUT2D eigenvalue weighted by molar-refractivity contribution is -0.116. The number of Topliss-reactive ketones (excluding diaryl/α,β-unsaturated/α-hetero) is 1. The summed E-state index contributed by atoms with van der Waals surface area (Å²) in [4.78, 5) is 19.0. The maximum Gasteiger partial charge on any atom is 0.217 e. The van der Waals surface area contributed by atoms with Gasteiger partial charge in [0, 0.05) is 43.4 Å². The fraction of sp³-hybridized carbons (Fsp3) is 0.280. The van der Waals surface area contributed by atoms with Crippen LogP contribution in [-0.4, -0.2) is 36.9 Å². The highest BCUT2D eigenvalue weighted by molar-refractivity contribution is 5.96. The first-order valence-corrected chi connectivity index (χ1v) is 9.99. The summed E-state index contributed by atoms with van der Waals surface area (Å²) in [7, 11) is 5.56. The number of ether oxygens (including phenoxy) is 1. The minimum absolute atomic E-state index is 0.243. The Morgan fingerprint density at radius 1 is 1.07 bits per heavy atom. The van der Waals surface area contributed by atoms with Gasteiger partial charge in [0.25, 0.3) is 0 Å². The average molecular weight is 386 g/mol. The first kappa shape index (κ1) is 19.2. The zero-order chi connectivity index (χ0) is 20.4. The average Bonchev–Trinajstić information content (AvgIpc) is 2.74. The zero-order valence-corrected chi connectivity index (χ0v) is 17.2. The molecule has 0 saturated heterocycles. The number of carbonyl (C=O) groups is 1. The fourth-order valence-corrected chi connectivity index (χ4v) is 4.08. The van der Waals surface area contributed by atoms with Crippen LogP contribution in [0.25, 0.3) is 22.0 Å². The topological polar surface area (TPSA) is 42.4 Å². The van der Waals surface area contributed by atoms with E-state index < -0.39 is 0 Å². The molecule has 1 unspecified atom stereocenters. The number of benzene rings is 2. The number of nitrogens with zero attached hydrogens (tertiary/aromatic N) is 2. The molecule has 1 aliphatic carbocycles. The molecular formula is C25H26N2O2. The van der Waals surface area contributed by atoms with Gasteiger partial charge in [-0.25, -0.2) is 4.98 Å². The third-order valence-electron chi connectivity index (χ3n) is 5.53. The number of methoxy groups -OCH3 is 1. The van der Waals surface area contributed by atoms with Crippen LogP contribution in [0.3, 0.4) is 0 Å². The van der Waals surface area contributed by atoms with Gasteiger partial charge in [-0.05, 0) is 41.7 Å². The third kappa shape index (κ3) is 4.02. The van der Waals surface area contributed by atoms with Crippen molar-refractivity contribution in [2.75, 3.05) is 21.2 Å². The van der Waals surface area contributed by atoms with Crippen LogP contribution >= 0.6 is 0 Å². The van der Waals surface area contributed by atoms with E-state index in [9.17, 15) is 4.79 Å². The highest BCUT2D eigenvalue weighted by atomic mass is 16.5. The van der Waals surface area contributed by atoms with Gasteiger partial charge in [-0.3, -0.25) is 4.79 Å². The molecule has 0 radical (unpaired) electrons. The second-order valence-corrected chi connectivity index (χ2v) is 7.84. The summed E-state index contributed by atoms with van der Waals surface area (Å²) in [5.74, 6) is 1.14. The summed E-state index contributed by atoms with van der Waals surface area (Å²) in [6.45, 7) is 0. The molecule has 0 N–H and O–H groups in total. The molecule has 1 saturated carbocycles. The van der Waals surface area contributed by atoms with E-state index in [1.54, 1.807) is 7.11 Å². The SMILES string of the molecule is COc1nc(-c2ccc3ccccc3c2)ccc1C1CCC(=O)/C(=C\N(C)C)C1. The van der Waals surface area contributed by atoms with E-state index in [-0.39, 0.29) is 11.7 Å². The van der Waals surface area contributed by atoms with E-state index in [2.05, 4.69) is 42.5 Å². The van der Waals surface area contributed by atoms with Crippen LogP contribution in [0.2, 0.25) is 0 Å². The zero-order valence-electron chi connectivity index (χ0n) is 17.2. The molecule has 0 aliphatic heterocycles. The first-order valence-electron chi connectivity index (χ1n) is 9.99. The molecule has 1 aliphatic rings. The molecule has 148 valence electrons. The van der Waals surface area contributed by atoms with E-state index in [4.69, 9.17) is 9.72 Å². The smallest absolute Gasteiger partial charge is 0.217 e. The van der Waals surface area contributed by atoms with Gasteiger partial charge in [0.15, 0.2) is 5.78 Å². The molecule has 2 aromatic carbocycles. The Bertz CT molecular complexity index is 1090.